The Morgan fingerprint density at radius 1 is 0.935 bits per heavy atom. The number of fused-ring (bicyclic) bond motifs is 1. The van der Waals surface area contributed by atoms with Crippen molar-refractivity contribution in [3.63, 3.8) is 0 Å². The van der Waals surface area contributed by atoms with E-state index in [2.05, 4.69) is 19.1 Å². The predicted molar refractivity (Wildman–Crippen MR) is 125 cm³/mol. The Labute approximate surface area is 193 Å². The van der Waals surface area contributed by atoms with Gasteiger partial charge in [-0.05, 0) is 36.1 Å². The molecule has 31 heavy (non-hydrogen) atoms. The first kappa shape index (κ1) is 21.9. The van der Waals surface area contributed by atoms with E-state index in [1.165, 1.54) is 16.0 Å². The van der Waals surface area contributed by atoms with Crippen LogP contribution in [-0.4, -0.2) is 34.7 Å². The molecule has 162 valence electrons. The van der Waals surface area contributed by atoms with Crippen molar-refractivity contribution >= 4 is 40.6 Å². The SMILES string of the molecule is CCCCCCN1C(=O)C(c2ccc(Cl)cc2Cl)=C(N2CCc3ccccc3C2)C1=O. The summed E-state index contributed by atoms with van der Waals surface area (Å²) in [5, 5.41) is 0.877. The van der Waals surface area contributed by atoms with Crippen LogP contribution in [0.15, 0.2) is 48.2 Å². The number of unbranched alkanes of at least 4 members (excludes halogenated alkanes) is 3. The zero-order valence-corrected chi connectivity index (χ0v) is 19.2. The fourth-order valence-corrected chi connectivity index (χ4v) is 4.88. The van der Waals surface area contributed by atoms with E-state index >= 15 is 0 Å². The van der Waals surface area contributed by atoms with Crippen molar-refractivity contribution in [2.24, 2.45) is 0 Å². The molecule has 4 rings (SSSR count). The molecule has 2 aromatic rings. The summed E-state index contributed by atoms with van der Waals surface area (Å²) in [7, 11) is 0. The smallest absolute Gasteiger partial charge is 0.277 e. The Kier molecular flexibility index (Phi) is 6.68. The molecular weight excluding hydrogens is 431 g/mol. The molecule has 0 atom stereocenters. The average Bonchev–Trinajstić information content (AvgIpc) is 3.01. The average molecular weight is 457 g/mol. The Bertz CT molecular complexity index is 1050. The van der Waals surface area contributed by atoms with E-state index in [1.54, 1.807) is 18.2 Å². The molecule has 0 saturated carbocycles. The maximum absolute atomic E-state index is 13.5. The highest BCUT2D eigenvalue weighted by Gasteiger charge is 2.42. The molecule has 0 aliphatic carbocycles. The van der Waals surface area contributed by atoms with E-state index in [0.717, 1.165) is 32.1 Å². The second-order valence-electron chi connectivity index (χ2n) is 8.11. The van der Waals surface area contributed by atoms with Crippen molar-refractivity contribution in [3.8, 4) is 0 Å². The molecule has 4 nitrogen and oxygen atoms in total. The van der Waals surface area contributed by atoms with E-state index in [4.69, 9.17) is 23.2 Å². The van der Waals surface area contributed by atoms with Crippen LogP contribution < -0.4 is 0 Å². The number of carbonyl (C=O) groups excluding carboxylic acids is 2. The summed E-state index contributed by atoms with van der Waals surface area (Å²) in [6, 6.07) is 13.3. The van der Waals surface area contributed by atoms with Crippen LogP contribution in [0.4, 0.5) is 0 Å². The highest BCUT2D eigenvalue weighted by molar-refractivity contribution is 6.41. The number of imide groups is 1. The molecule has 2 aliphatic rings. The lowest BCUT2D eigenvalue weighted by atomic mass is 9.98. The summed E-state index contributed by atoms with van der Waals surface area (Å²) < 4.78 is 0. The molecule has 2 heterocycles. The van der Waals surface area contributed by atoms with E-state index in [0.29, 0.717) is 46.5 Å². The van der Waals surface area contributed by atoms with Crippen molar-refractivity contribution in [2.75, 3.05) is 13.1 Å². The third-order valence-electron chi connectivity index (χ3n) is 6.03. The quantitative estimate of drug-likeness (QED) is 0.395. The molecule has 2 amide bonds. The van der Waals surface area contributed by atoms with Gasteiger partial charge in [-0.3, -0.25) is 14.5 Å². The molecule has 2 aromatic carbocycles. The lowest BCUT2D eigenvalue weighted by Crippen LogP contribution is -2.37. The zero-order chi connectivity index (χ0) is 22.0. The highest BCUT2D eigenvalue weighted by Crippen LogP contribution is 2.38. The number of amides is 2. The molecule has 0 saturated heterocycles. The van der Waals surface area contributed by atoms with Crippen LogP contribution in [0.1, 0.15) is 49.3 Å². The van der Waals surface area contributed by atoms with E-state index < -0.39 is 0 Å². The minimum Gasteiger partial charge on any atom is -0.362 e. The number of benzene rings is 2. The van der Waals surface area contributed by atoms with Gasteiger partial charge in [0, 0.05) is 30.2 Å². The Balaban J connectivity index is 1.72. The Hall–Kier alpha value is -2.30. The molecule has 0 N–H and O–H groups in total. The number of nitrogens with zero attached hydrogens (tertiary/aromatic N) is 2. The van der Waals surface area contributed by atoms with Gasteiger partial charge in [0.15, 0.2) is 0 Å². The number of halogens is 2. The van der Waals surface area contributed by atoms with Gasteiger partial charge in [0.2, 0.25) is 0 Å². The van der Waals surface area contributed by atoms with E-state index in [-0.39, 0.29) is 11.8 Å². The molecule has 0 radical (unpaired) electrons. The third-order valence-corrected chi connectivity index (χ3v) is 6.57. The van der Waals surface area contributed by atoms with Crippen LogP contribution in [0.2, 0.25) is 10.0 Å². The lowest BCUT2D eigenvalue weighted by molar-refractivity contribution is -0.137. The van der Waals surface area contributed by atoms with Gasteiger partial charge in [-0.2, -0.15) is 0 Å². The van der Waals surface area contributed by atoms with Crippen LogP contribution in [-0.2, 0) is 22.6 Å². The minimum atomic E-state index is -0.264. The third kappa shape index (κ3) is 4.37. The predicted octanol–water partition coefficient (Wildman–Crippen LogP) is 5.71. The van der Waals surface area contributed by atoms with Crippen LogP contribution in [0.3, 0.4) is 0 Å². The zero-order valence-electron chi connectivity index (χ0n) is 17.7. The second-order valence-corrected chi connectivity index (χ2v) is 8.95. The van der Waals surface area contributed by atoms with Gasteiger partial charge in [0.25, 0.3) is 11.8 Å². The van der Waals surface area contributed by atoms with Gasteiger partial charge in [-0.25, -0.2) is 0 Å². The molecule has 0 unspecified atom stereocenters. The molecule has 0 fully saturated rings. The summed E-state index contributed by atoms with van der Waals surface area (Å²) in [6.45, 7) is 3.85. The first-order valence-electron chi connectivity index (χ1n) is 10.9. The Morgan fingerprint density at radius 3 is 2.45 bits per heavy atom. The summed E-state index contributed by atoms with van der Waals surface area (Å²) >= 11 is 12.6. The number of rotatable bonds is 7. The van der Waals surface area contributed by atoms with Gasteiger partial charge >= 0.3 is 0 Å². The topological polar surface area (TPSA) is 40.6 Å². The highest BCUT2D eigenvalue weighted by atomic mass is 35.5. The van der Waals surface area contributed by atoms with Crippen LogP contribution in [0.25, 0.3) is 5.57 Å². The van der Waals surface area contributed by atoms with Gasteiger partial charge in [0.1, 0.15) is 5.70 Å². The largest absolute Gasteiger partial charge is 0.362 e. The van der Waals surface area contributed by atoms with E-state index in [1.807, 2.05) is 17.0 Å². The minimum absolute atomic E-state index is 0.220. The number of hydrogen-bond donors (Lipinski definition) is 0. The van der Waals surface area contributed by atoms with Gasteiger partial charge < -0.3 is 4.90 Å². The summed E-state index contributed by atoms with van der Waals surface area (Å²) in [6.07, 6.45) is 4.83. The summed E-state index contributed by atoms with van der Waals surface area (Å²) in [4.78, 5) is 30.4. The first-order valence-corrected chi connectivity index (χ1v) is 11.6. The van der Waals surface area contributed by atoms with Crippen molar-refractivity contribution in [2.45, 2.75) is 45.6 Å². The van der Waals surface area contributed by atoms with Gasteiger partial charge in [-0.15, -0.1) is 0 Å². The standard InChI is InChI=1S/C25H26Cl2N2O2/c1-2-3-4-7-13-29-24(30)22(20-11-10-19(26)15-21(20)27)23(25(29)31)28-14-12-17-8-5-6-9-18(17)16-28/h5-6,8-11,15H,2-4,7,12-14,16H2,1H3. The summed E-state index contributed by atoms with van der Waals surface area (Å²) in [5.74, 6) is -0.485. The molecule has 6 heteroatoms. The monoisotopic (exact) mass is 456 g/mol. The first-order chi connectivity index (χ1) is 15.0. The number of carbonyl (C=O) groups is 2. The summed E-state index contributed by atoms with van der Waals surface area (Å²) in [5.41, 5.74) is 3.89. The van der Waals surface area contributed by atoms with Crippen molar-refractivity contribution in [1.29, 1.82) is 0 Å². The fraction of sp³-hybridized carbons (Fsp3) is 0.360. The lowest BCUT2D eigenvalue weighted by Gasteiger charge is -2.31. The van der Waals surface area contributed by atoms with Gasteiger partial charge in [-0.1, -0.05) is 79.7 Å². The van der Waals surface area contributed by atoms with Crippen LogP contribution in [0, 0.1) is 0 Å². The normalized spacial score (nSPS) is 16.4. The Morgan fingerprint density at radius 2 is 1.71 bits per heavy atom. The molecular formula is C25H26Cl2N2O2. The molecule has 2 aliphatic heterocycles. The molecule has 0 bridgehead atoms. The van der Waals surface area contributed by atoms with E-state index in [9.17, 15) is 9.59 Å². The number of hydrogen-bond acceptors (Lipinski definition) is 3. The van der Waals surface area contributed by atoms with Gasteiger partial charge in [0.05, 0.1) is 10.6 Å². The molecule has 0 spiro atoms. The maximum atomic E-state index is 13.5. The van der Waals surface area contributed by atoms with Crippen LogP contribution >= 0.6 is 23.2 Å². The fourth-order valence-electron chi connectivity index (χ4n) is 4.38. The second kappa shape index (κ2) is 9.46. The molecule has 0 aromatic heterocycles. The van der Waals surface area contributed by atoms with Crippen molar-refractivity contribution in [3.05, 3.63) is 74.9 Å². The maximum Gasteiger partial charge on any atom is 0.277 e. The van der Waals surface area contributed by atoms with Crippen LogP contribution in [0.5, 0.6) is 0 Å². The van der Waals surface area contributed by atoms with Crippen molar-refractivity contribution in [1.82, 2.24) is 9.80 Å². The van der Waals surface area contributed by atoms with Crippen molar-refractivity contribution < 1.29 is 9.59 Å².